The maximum atomic E-state index is 13.8. The molecule has 0 unspecified atom stereocenters. The van der Waals surface area contributed by atoms with E-state index in [1.54, 1.807) is 18.2 Å². The molecule has 0 spiro atoms. The van der Waals surface area contributed by atoms with Gasteiger partial charge in [0, 0.05) is 12.0 Å². The maximum Gasteiger partial charge on any atom is 0.251 e. The number of hydrogen-bond acceptors (Lipinski definition) is 3. The van der Waals surface area contributed by atoms with Crippen molar-refractivity contribution in [1.82, 2.24) is 15.3 Å². The zero-order valence-electron chi connectivity index (χ0n) is 11.0. The third-order valence-corrected chi connectivity index (χ3v) is 3.65. The molecular formula is C15H16FN3O. The van der Waals surface area contributed by atoms with E-state index in [1.165, 1.54) is 12.1 Å². The molecule has 0 bridgehead atoms. The van der Waals surface area contributed by atoms with E-state index in [2.05, 4.69) is 15.3 Å². The molecule has 2 heterocycles. The van der Waals surface area contributed by atoms with Crippen molar-refractivity contribution in [3.8, 4) is 11.4 Å². The average molecular weight is 273 g/mol. The standard InChI is InChI=1S/C15H16FN3O/c16-12-4-2-1-3-11(12)15-18-13(9-14(20)19-15)10-5-7-17-8-6-10/h1-4,9-10,17H,5-8H2,(H,18,19,20). The quantitative estimate of drug-likeness (QED) is 0.880. The fourth-order valence-electron chi connectivity index (χ4n) is 2.58. The number of piperidine rings is 1. The summed E-state index contributed by atoms with van der Waals surface area (Å²) in [5.74, 6) is 0.200. The minimum Gasteiger partial charge on any atom is -0.317 e. The van der Waals surface area contributed by atoms with Crippen LogP contribution in [0.1, 0.15) is 24.5 Å². The van der Waals surface area contributed by atoms with Crippen molar-refractivity contribution < 1.29 is 4.39 Å². The highest BCUT2D eigenvalue weighted by atomic mass is 19.1. The van der Waals surface area contributed by atoms with E-state index in [1.807, 2.05) is 0 Å². The Bertz CT molecular complexity index is 662. The molecule has 104 valence electrons. The molecule has 0 amide bonds. The van der Waals surface area contributed by atoms with Gasteiger partial charge in [-0.3, -0.25) is 4.79 Å². The second kappa shape index (κ2) is 5.54. The largest absolute Gasteiger partial charge is 0.317 e. The zero-order valence-corrected chi connectivity index (χ0v) is 11.0. The predicted octanol–water partition coefficient (Wildman–Crippen LogP) is 2.04. The van der Waals surface area contributed by atoms with Gasteiger partial charge in [-0.05, 0) is 38.1 Å². The first kappa shape index (κ1) is 13.0. The predicted molar refractivity (Wildman–Crippen MR) is 75.1 cm³/mol. The van der Waals surface area contributed by atoms with Gasteiger partial charge in [-0.1, -0.05) is 12.1 Å². The highest BCUT2D eigenvalue weighted by molar-refractivity contribution is 5.55. The fraction of sp³-hybridized carbons (Fsp3) is 0.333. The van der Waals surface area contributed by atoms with Crippen LogP contribution in [-0.2, 0) is 0 Å². The third kappa shape index (κ3) is 2.63. The monoisotopic (exact) mass is 273 g/mol. The summed E-state index contributed by atoms with van der Waals surface area (Å²) in [5.41, 5.74) is 0.862. The molecule has 4 nitrogen and oxygen atoms in total. The van der Waals surface area contributed by atoms with E-state index < -0.39 is 0 Å². The van der Waals surface area contributed by atoms with Crippen LogP contribution in [0.15, 0.2) is 35.1 Å². The Hall–Kier alpha value is -2.01. The van der Waals surface area contributed by atoms with Crippen LogP contribution in [0, 0.1) is 5.82 Å². The summed E-state index contributed by atoms with van der Waals surface area (Å²) in [4.78, 5) is 18.9. The summed E-state index contributed by atoms with van der Waals surface area (Å²) < 4.78 is 13.8. The van der Waals surface area contributed by atoms with Gasteiger partial charge in [-0.15, -0.1) is 0 Å². The summed E-state index contributed by atoms with van der Waals surface area (Å²) in [6.07, 6.45) is 1.90. The van der Waals surface area contributed by atoms with Crippen LogP contribution in [-0.4, -0.2) is 23.1 Å². The SMILES string of the molecule is O=c1cc(C2CCNCC2)nc(-c2ccccc2F)[nH]1. The van der Waals surface area contributed by atoms with Gasteiger partial charge < -0.3 is 10.3 Å². The maximum absolute atomic E-state index is 13.8. The summed E-state index contributed by atoms with van der Waals surface area (Å²) >= 11 is 0. The number of nitrogens with zero attached hydrogens (tertiary/aromatic N) is 1. The first-order valence-corrected chi connectivity index (χ1v) is 6.81. The van der Waals surface area contributed by atoms with E-state index in [9.17, 15) is 9.18 Å². The molecule has 0 radical (unpaired) electrons. The molecule has 5 heteroatoms. The Kier molecular flexibility index (Phi) is 3.60. The number of aromatic nitrogens is 2. The van der Waals surface area contributed by atoms with Crippen molar-refractivity contribution >= 4 is 0 Å². The normalized spacial score (nSPS) is 16.2. The molecular weight excluding hydrogens is 257 g/mol. The average Bonchev–Trinajstić information content (AvgIpc) is 2.48. The van der Waals surface area contributed by atoms with Gasteiger partial charge in [0.1, 0.15) is 11.6 Å². The second-order valence-corrected chi connectivity index (χ2v) is 5.02. The molecule has 1 fully saturated rings. The Morgan fingerprint density at radius 3 is 2.70 bits per heavy atom. The van der Waals surface area contributed by atoms with E-state index in [-0.39, 0.29) is 17.3 Å². The molecule has 1 aromatic heterocycles. The van der Waals surface area contributed by atoms with Crippen molar-refractivity contribution in [1.29, 1.82) is 0 Å². The summed E-state index contributed by atoms with van der Waals surface area (Å²) in [7, 11) is 0. The molecule has 2 aromatic rings. The topological polar surface area (TPSA) is 57.8 Å². The van der Waals surface area contributed by atoms with E-state index >= 15 is 0 Å². The molecule has 0 saturated carbocycles. The highest BCUT2D eigenvalue weighted by Crippen LogP contribution is 2.24. The Balaban J connectivity index is 2.02. The Morgan fingerprint density at radius 2 is 1.95 bits per heavy atom. The van der Waals surface area contributed by atoms with Crippen LogP contribution in [0.3, 0.4) is 0 Å². The van der Waals surface area contributed by atoms with Crippen molar-refractivity contribution in [3.63, 3.8) is 0 Å². The molecule has 0 aliphatic carbocycles. The van der Waals surface area contributed by atoms with E-state index in [4.69, 9.17) is 0 Å². The number of halogens is 1. The van der Waals surface area contributed by atoms with E-state index in [0.717, 1.165) is 31.6 Å². The summed E-state index contributed by atoms with van der Waals surface area (Å²) in [5, 5.41) is 3.28. The minimum atomic E-state index is -0.377. The summed E-state index contributed by atoms with van der Waals surface area (Å²) in [6.45, 7) is 1.85. The second-order valence-electron chi connectivity index (χ2n) is 5.02. The number of hydrogen-bond donors (Lipinski definition) is 2. The van der Waals surface area contributed by atoms with Crippen molar-refractivity contribution in [2.45, 2.75) is 18.8 Å². The Morgan fingerprint density at radius 1 is 1.20 bits per heavy atom. The molecule has 1 saturated heterocycles. The van der Waals surface area contributed by atoms with Gasteiger partial charge in [-0.25, -0.2) is 9.37 Å². The van der Waals surface area contributed by atoms with Gasteiger partial charge >= 0.3 is 0 Å². The molecule has 1 aromatic carbocycles. The number of H-pyrrole nitrogens is 1. The number of rotatable bonds is 2. The molecule has 3 rings (SSSR count). The van der Waals surface area contributed by atoms with Gasteiger partial charge in [0.25, 0.3) is 5.56 Å². The first-order chi connectivity index (χ1) is 9.74. The van der Waals surface area contributed by atoms with Gasteiger partial charge in [0.05, 0.1) is 11.3 Å². The number of benzene rings is 1. The van der Waals surface area contributed by atoms with Crippen LogP contribution in [0.4, 0.5) is 4.39 Å². The van der Waals surface area contributed by atoms with Crippen molar-refractivity contribution in [2.75, 3.05) is 13.1 Å². The van der Waals surface area contributed by atoms with Crippen molar-refractivity contribution in [3.05, 3.63) is 52.2 Å². The minimum absolute atomic E-state index is 0.230. The van der Waals surface area contributed by atoms with Crippen LogP contribution < -0.4 is 10.9 Å². The van der Waals surface area contributed by atoms with Crippen LogP contribution in [0.5, 0.6) is 0 Å². The number of nitrogens with one attached hydrogen (secondary N) is 2. The molecule has 0 atom stereocenters. The molecule has 2 N–H and O–H groups in total. The van der Waals surface area contributed by atoms with Crippen LogP contribution in [0.25, 0.3) is 11.4 Å². The van der Waals surface area contributed by atoms with Crippen LogP contribution in [0.2, 0.25) is 0 Å². The zero-order chi connectivity index (χ0) is 13.9. The fourth-order valence-corrected chi connectivity index (χ4v) is 2.58. The van der Waals surface area contributed by atoms with Crippen molar-refractivity contribution in [2.24, 2.45) is 0 Å². The molecule has 20 heavy (non-hydrogen) atoms. The first-order valence-electron chi connectivity index (χ1n) is 6.81. The van der Waals surface area contributed by atoms with Gasteiger partial charge in [0.2, 0.25) is 0 Å². The lowest BCUT2D eigenvalue weighted by Crippen LogP contribution is -2.28. The smallest absolute Gasteiger partial charge is 0.251 e. The number of aromatic amines is 1. The van der Waals surface area contributed by atoms with Gasteiger partial charge in [0.15, 0.2) is 0 Å². The molecule has 1 aliphatic heterocycles. The highest BCUT2D eigenvalue weighted by Gasteiger charge is 2.18. The molecule has 1 aliphatic rings. The lowest BCUT2D eigenvalue weighted by atomic mass is 9.94. The lowest BCUT2D eigenvalue weighted by Gasteiger charge is -2.22. The lowest BCUT2D eigenvalue weighted by molar-refractivity contribution is 0.452. The third-order valence-electron chi connectivity index (χ3n) is 3.65. The van der Waals surface area contributed by atoms with Gasteiger partial charge in [-0.2, -0.15) is 0 Å². The van der Waals surface area contributed by atoms with E-state index in [0.29, 0.717) is 11.4 Å². The van der Waals surface area contributed by atoms with Crippen LogP contribution >= 0.6 is 0 Å². The summed E-state index contributed by atoms with van der Waals surface area (Å²) in [6, 6.07) is 7.87. The Labute approximate surface area is 116 Å².